The number of nitrogens with two attached hydrogens (primary N) is 1. The van der Waals surface area contributed by atoms with Gasteiger partial charge in [-0.3, -0.25) is 4.57 Å². The fourth-order valence-corrected chi connectivity index (χ4v) is 3.28. The molecule has 0 aromatic heterocycles. The van der Waals surface area contributed by atoms with Crippen LogP contribution in [0.25, 0.3) is 0 Å². The first-order valence-corrected chi connectivity index (χ1v) is 6.64. The van der Waals surface area contributed by atoms with Crippen LogP contribution in [0.4, 0.5) is 0 Å². The molecule has 1 atom stereocenters. The van der Waals surface area contributed by atoms with E-state index in [9.17, 15) is 4.57 Å². The lowest BCUT2D eigenvalue weighted by molar-refractivity contribution is 0.203. The lowest BCUT2D eigenvalue weighted by atomic mass is 10.1. The first-order valence-electron chi connectivity index (χ1n) is 5.10. The molecule has 0 saturated carbocycles. The second kappa shape index (κ2) is 5.08. The molecule has 2 N–H and O–H groups in total. The summed E-state index contributed by atoms with van der Waals surface area (Å²) < 4.78 is 22.9. The van der Waals surface area contributed by atoms with Gasteiger partial charge in [-0.25, -0.2) is 0 Å². The fraction of sp³-hybridized carbons (Fsp3) is 0.600. The van der Waals surface area contributed by atoms with Crippen LogP contribution in [-0.4, -0.2) is 18.5 Å². The van der Waals surface area contributed by atoms with E-state index in [0.29, 0.717) is 19.6 Å². The highest BCUT2D eigenvalue weighted by molar-refractivity contribution is 7.55. The van der Waals surface area contributed by atoms with E-state index in [0.717, 1.165) is 0 Å². The van der Waals surface area contributed by atoms with E-state index in [1.807, 2.05) is 12.2 Å². The van der Waals surface area contributed by atoms with Crippen LogP contribution in [0.1, 0.15) is 20.3 Å². The van der Waals surface area contributed by atoms with Crippen molar-refractivity contribution in [3.63, 3.8) is 0 Å². The standard InChI is InChI=1S/C10H18NO3P/c1-3-13-15(12,14-4-2)10(11)8-6-5-7-9-10/h5-8H,3-4,9,11H2,1-2H3. The third-order valence-corrected chi connectivity index (χ3v) is 4.73. The summed E-state index contributed by atoms with van der Waals surface area (Å²) in [5.41, 5.74) is 6.06. The largest absolute Gasteiger partial charge is 0.354 e. The molecule has 1 aliphatic carbocycles. The molecule has 0 saturated heterocycles. The predicted molar refractivity (Wildman–Crippen MR) is 60.7 cm³/mol. The number of hydrogen-bond donors (Lipinski definition) is 1. The van der Waals surface area contributed by atoms with Gasteiger partial charge in [0.25, 0.3) is 0 Å². The van der Waals surface area contributed by atoms with Crippen molar-refractivity contribution in [2.24, 2.45) is 5.73 Å². The minimum absolute atomic E-state index is 0.327. The zero-order valence-corrected chi connectivity index (χ0v) is 10.1. The second-order valence-electron chi connectivity index (χ2n) is 3.32. The molecule has 1 aliphatic rings. The minimum Gasteiger partial charge on any atom is -0.312 e. The molecule has 0 amide bonds. The fourth-order valence-electron chi connectivity index (χ4n) is 1.45. The van der Waals surface area contributed by atoms with E-state index >= 15 is 0 Å². The predicted octanol–water partition coefficient (Wildman–Crippen LogP) is 2.42. The Bertz CT molecular complexity index is 304. The summed E-state index contributed by atoms with van der Waals surface area (Å²) in [5, 5.41) is -1.02. The van der Waals surface area contributed by atoms with Crippen LogP contribution in [0.2, 0.25) is 0 Å². The van der Waals surface area contributed by atoms with Gasteiger partial charge in [-0.05, 0) is 20.3 Å². The van der Waals surface area contributed by atoms with Crippen LogP contribution in [0.5, 0.6) is 0 Å². The number of rotatable bonds is 5. The van der Waals surface area contributed by atoms with Crippen molar-refractivity contribution in [1.82, 2.24) is 0 Å². The van der Waals surface area contributed by atoms with E-state index in [-0.39, 0.29) is 0 Å². The summed E-state index contributed by atoms with van der Waals surface area (Å²) in [6.45, 7) is 4.20. The third-order valence-electron chi connectivity index (χ3n) is 2.18. The van der Waals surface area contributed by atoms with Gasteiger partial charge in [0.1, 0.15) is 5.28 Å². The molecule has 0 fully saturated rings. The summed E-state index contributed by atoms with van der Waals surface area (Å²) in [4.78, 5) is 0. The second-order valence-corrected chi connectivity index (χ2v) is 5.66. The van der Waals surface area contributed by atoms with Crippen molar-refractivity contribution in [3.05, 3.63) is 24.3 Å². The normalized spacial score (nSPS) is 25.8. The molecule has 0 heterocycles. The lowest BCUT2D eigenvalue weighted by Gasteiger charge is -2.33. The highest BCUT2D eigenvalue weighted by Gasteiger charge is 2.45. The summed E-state index contributed by atoms with van der Waals surface area (Å²) in [7, 11) is -3.27. The van der Waals surface area contributed by atoms with Crippen LogP contribution in [0, 0.1) is 0 Å². The van der Waals surface area contributed by atoms with E-state index < -0.39 is 12.9 Å². The van der Waals surface area contributed by atoms with Crippen molar-refractivity contribution < 1.29 is 13.6 Å². The van der Waals surface area contributed by atoms with Crippen LogP contribution >= 0.6 is 7.60 Å². The Morgan fingerprint density at radius 1 is 1.33 bits per heavy atom. The highest BCUT2D eigenvalue weighted by Crippen LogP contribution is 2.60. The number of allylic oxidation sites excluding steroid dienone is 2. The highest BCUT2D eigenvalue weighted by atomic mass is 31.2. The van der Waals surface area contributed by atoms with Crippen LogP contribution in [-0.2, 0) is 13.6 Å². The van der Waals surface area contributed by atoms with Gasteiger partial charge in [0.15, 0.2) is 0 Å². The zero-order valence-electron chi connectivity index (χ0n) is 9.18. The van der Waals surface area contributed by atoms with Gasteiger partial charge in [-0.2, -0.15) is 0 Å². The first-order chi connectivity index (χ1) is 7.08. The Morgan fingerprint density at radius 3 is 2.33 bits per heavy atom. The van der Waals surface area contributed by atoms with Crippen molar-refractivity contribution in [2.45, 2.75) is 25.5 Å². The molecule has 5 heteroatoms. The Labute approximate surface area is 90.7 Å². The Kier molecular flexibility index (Phi) is 4.29. The molecule has 0 aliphatic heterocycles. The van der Waals surface area contributed by atoms with Gasteiger partial charge in [0.05, 0.1) is 13.2 Å². The van der Waals surface area contributed by atoms with Gasteiger partial charge in [0.2, 0.25) is 0 Å². The Morgan fingerprint density at radius 2 is 1.93 bits per heavy atom. The van der Waals surface area contributed by atoms with Crippen LogP contribution in [0.3, 0.4) is 0 Å². The van der Waals surface area contributed by atoms with Crippen molar-refractivity contribution >= 4 is 7.60 Å². The molecule has 15 heavy (non-hydrogen) atoms. The number of hydrogen-bond acceptors (Lipinski definition) is 4. The van der Waals surface area contributed by atoms with Gasteiger partial charge >= 0.3 is 7.60 Å². The molecule has 86 valence electrons. The average Bonchev–Trinajstić information content (AvgIpc) is 2.19. The van der Waals surface area contributed by atoms with Crippen LogP contribution in [0.15, 0.2) is 24.3 Å². The van der Waals surface area contributed by atoms with E-state index in [1.165, 1.54) is 0 Å². The van der Waals surface area contributed by atoms with E-state index in [4.69, 9.17) is 14.8 Å². The van der Waals surface area contributed by atoms with E-state index in [1.54, 1.807) is 26.0 Å². The van der Waals surface area contributed by atoms with Gasteiger partial charge in [0, 0.05) is 0 Å². The maximum atomic E-state index is 12.4. The van der Waals surface area contributed by atoms with Crippen LogP contribution < -0.4 is 5.73 Å². The molecule has 4 nitrogen and oxygen atoms in total. The van der Waals surface area contributed by atoms with Crippen molar-refractivity contribution in [1.29, 1.82) is 0 Å². The topological polar surface area (TPSA) is 61.5 Å². The SMILES string of the molecule is CCOP(=O)(OCC)C1(N)C=CC=CC1. The molecule has 1 rings (SSSR count). The monoisotopic (exact) mass is 231 g/mol. The maximum Gasteiger partial charge on any atom is 0.354 e. The van der Waals surface area contributed by atoms with Gasteiger partial charge in [-0.1, -0.05) is 24.3 Å². The molecule has 0 aromatic rings. The molecular weight excluding hydrogens is 213 g/mol. The van der Waals surface area contributed by atoms with Crippen molar-refractivity contribution in [3.8, 4) is 0 Å². The van der Waals surface area contributed by atoms with Crippen molar-refractivity contribution in [2.75, 3.05) is 13.2 Å². The molecule has 0 aromatic carbocycles. The Balaban J connectivity index is 2.92. The smallest absolute Gasteiger partial charge is 0.312 e. The van der Waals surface area contributed by atoms with Gasteiger partial charge < -0.3 is 14.8 Å². The summed E-state index contributed by atoms with van der Waals surface area (Å²) >= 11 is 0. The first kappa shape index (κ1) is 12.7. The minimum atomic E-state index is -3.27. The molecular formula is C10H18NO3P. The quantitative estimate of drug-likeness (QED) is 0.738. The molecule has 0 bridgehead atoms. The maximum absolute atomic E-state index is 12.4. The summed E-state index contributed by atoms with van der Waals surface area (Å²) in [6, 6.07) is 0. The summed E-state index contributed by atoms with van der Waals surface area (Å²) in [5.74, 6) is 0. The molecule has 1 unspecified atom stereocenters. The third kappa shape index (κ3) is 2.58. The molecule has 0 spiro atoms. The average molecular weight is 231 g/mol. The lowest BCUT2D eigenvalue weighted by Crippen LogP contribution is -2.39. The van der Waals surface area contributed by atoms with Gasteiger partial charge in [-0.15, -0.1) is 0 Å². The van der Waals surface area contributed by atoms with E-state index in [2.05, 4.69) is 0 Å². The summed E-state index contributed by atoms with van der Waals surface area (Å²) in [6.07, 6.45) is 7.67. The Hall–Kier alpha value is -0.410. The molecule has 0 radical (unpaired) electrons. The zero-order chi connectivity index (χ0) is 11.4.